The monoisotopic (exact) mass is 255 g/mol. The molecule has 1 N–H and O–H groups in total. The highest BCUT2D eigenvalue weighted by molar-refractivity contribution is 5.26. The van der Waals surface area contributed by atoms with Gasteiger partial charge in [0, 0.05) is 6.54 Å². The van der Waals surface area contributed by atoms with Gasteiger partial charge in [-0.25, -0.2) is 0 Å². The van der Waals surface area contributed by atoms with Crippen LogP contribution >= 0.6 is 0 Å². The molecule has 1 saturated heterocycles. The molecule has 1 atom stereocenters. The molecular formula is C14H16F3N. The standard InChI is InChI=1S/C14H16F3N/c15-14(16,17)13-6-4-11(5-7-13)2-1-3-12-8-9-18-10-12/h1,3-7,12,18H,2,8-10H2. The summed E-state index contributed by atoms with van der Waals surface area (Å²) in [6.45, 7) is 2.05. The predicted octanol–water partition coefficient (Wildman–Crippen LogP) is 3.41. The van der Waals surface area contributed by atoms with Crippen molar-refractivity contribution < 1.29 is 13.2 Å². The summed E-state index contributed by atoms with van der Waals surface area (Å²) in [6.07, 6.45) is 1.78. The van der Waals surface area contributed by atoms with Crippen molar-refractivity contribution in [1.82, 2.24) is 5.32 Å². The summed E-state index contributed by atoms with van der Waals surface area (Å²) in [5.41, 5.74) is 0.320. The fourth-order valence-electron chi connectivity index (χ4n) is 2.07. The molecule has 2 rings (SSSR count). The highest BCUT2D eigenvalue weighted by Crippen LogP contribution is 2.29. The van der Waals surface area contributed by atoms with Gasteiger partial charge in [0.05, 0.1) is 5.56 Å². The maximum absolute atomic E-state index is 12.4. The van der Waals surface area contributed by atoms with Crippen LogP contribution < -0.4 is 5.32 Å². The number of hydrogen-bond donors (Lipinski definition) is 1. The Hall–Kier alpha value is -1.29. The molecule has 0 radical (unpaired) electrons. The van der Waals surface area contributed by atoms with Gasteiger partial charge in [-0.05, 0) is 43.0 Å². The van der Waals surface area contributed by atoms with Gasteiger partial charge in [-0.2, -0.15) is 13.2 Å². The molecule has 18 heavy (non-hydrogen) atoms. The average Bonchev–Trinajstić information content (AvgIpc) is 2.82. The molecule has 1 fully saturated rings. The maximum atomic E-state index is 12.4. The lowest BCUT2D eigenvalue weighted by Gasteiger charge is -2.06. The molecule has 98 valence electrons. The average molecular weight is 255 g/mol. The Morgan fingerprint density at radius 2 is 1.94 bits per heavy atom. The molecule has 0 aromatic heterocycles. The third kappa shape index (κ3) is 3.60. The molecule has 1 aromatic carbocycles. The summed E-state index contributed by atoms with van der Waals surface area (Å²) in [7, 11) is 0. The van der Waals surface area contributed by atoms with Crippen molar-refractivity contribution in [3.8, 4) is 0 Å². The number of nitrogens with one attached hydrogen (secondary N) is 1. The van der Waals surface area contributed by atoms with E-state index in [0.29, 0.717) is 12.3 Å². The fraction of sp³-hybridized carbons (Fsp3) is 0.429. The first kappa shape index (κ1) is 13.1. The Labute approximate surface area is 105 Å². The second-order valence-corrected chi connectivity index (χ2v) is 4.58. The first-order valence-electron chi connectivity index (χ1n) is 6.09. The summed E-state index contributed by atoms with van der Waals surface area (Å²) < 4.78 is 37.1. The molecular weight excluding hydrogens is 239 g/mol. The summed E-state index contributed by atoms with van der Waals surface area (Å²) >= 11 is 0. The van der Waals surface area contributed by atoms with Gasteiger partial charge in [0.1, 0.15) is 0 Å². The van der Waals surface area contributed by atoms with Gasteiger partial charge in [-0.1, -0.05) is 24.3 Å². The molecule has 1 unspecified atom stereocenters. The highest BCUT2D eigenvalue weighted by atomic mass is 19.4. The number of hydrogen-bond acceptors (Lipinski definition) is 1. The van der Waals surface area contributed by atoms with E-state index < -0.39 is 11.7 Å². The van der Waals surface area contributed by atoms with Crippen LogP contribution in [0.15, 0.2) is 36.4 Å². The van der Waals surface area contributed by atoms with Gasteiger partial charge in [0.2, 0.25) is 0 Å². The van der Waals surface area contributed by atoms with E-state index in [1.807, 2.05) is 6.08 Å². The van der Waals surface area contributed by atoms with E-state index >= 15 is 0 Å². The molecule has 0 amide bonds. The number of halogens is 3. The smallest absolute Gasteiger partial charge is 0.316 e. The Bertz CT molecular complexity index is 400. The Kier molecular flexibility index (Phi) is 4.07. The van der Waals surface area contributed by atoms with Crippen LogP contribution in [0.1, 0.15) is 17.5 Å². The van der Waals surface area contributed by atoms with Crippen molar-refractivity contribution in [2.45, 2.75) is 19.0 Å². The largest absolute Gasteiger partial charge is 0.416 e. The van der Waals surface area contributed by atoms with Crippen LogP contribution in [0, 0.1) is 5.92 Å². The third-order valence-corrected chi connectivity index (χ3v) is 3.14. The topological polar surface area (TPSA) is 12.0 Å². The fourth-order valence-corrected chi connectivity index (χ4v) is 2.07. The van der Waals surface area contributed by atoms with E-state index in [2.05, 4.69) is 11.4 Å². The number of allylic oxidation sites excluding steroid dienone is 1. The Balaban J connectivity index is 1.90. The zero-order valence-corrected chi connectivity index (χ0v) is 10.0. The van der Waals surface area contributed by atoms with E-state index in [1.54, 1.807) is 12.1 Å². The molecule has 0 spiro atoms. The third-order valence-electron chi connectivity index (χ3n) is 3.14. The molecule has 1 aromatic rings. The van der Waals surface area contributed by atoms with Crippen LogP contribution in [-0.4, -0.2) is 13.1 Å². The quantitative estimate of drug-likeness (QED) is 0.816. The summed E-state index contributed by atoms with van der Waals surface area (Å²) in [5.74, 6) is 0.569. The lowest BCUT2D eigenvalue weighted by atomic mass is 10.1. The van der Waals surface area contributed by atoms with E-state index in [0.717, 1.165) is 37.2 Å². The molecule has 0 bridgehead atoms. The van der Waals surface area contributed by atoms with E-state index in [1.165, 1.54) is 0 Å². The first-order valence-corrected chi connectivity index (χ1v) is 6.09. The molecule has 1 nitrogen and oxygen atoms in total. The molecule has 4 heteroatoms. The second-order valence-electron chi connectivity index (χ2n) is 4.58. The Morgan fingerprint density at radius 3 is 2.50 bits per heavy atom. The van der Waals surface area contributed by atoms with Crippen LogP contribution in [0.5, 0.6) is 0 Å². The zero-order chi connectivity index (χ0) is 13.0. The molecule has 0 saturated carbocycles. The lowest BCUT2D eigenvalue weighted by molar-refractivity contribution is -0.137. The van der Waals surface area contributed by atoms with Gasteiger partial charge in [0.25, 0.3) is 0 Å². The van der Waals surface area contributed by atoms with Crippen molar-refractivity contribution in [1.29, 1.82) is 0 Å². The van der Waals surface area contributed by atoms with Gasteiger partial charge in [-0.15, -0.1) is 0 Å². The minimum atomic E-state index is -4.25. The van der Waals surface area contributed by atoms with Gasteiger partial charge >= 0.3 is 6.18 Å². The maximum Gasteiger partial charge on any atom is 0.416 e. The van der Waals surface area contributed by atoms with E-state index in [4.69, 9.17) is 0 Å². The second kappa shape index (κ2) is 5.57. The van der Waals surface area contributed by atoms with Gasteiger partial charge in [-0.3, -0.25) is 0 Å². The van der Waals surface area contributed by atoms with Crippen LogP contribution in [-0.2, 0) is 12.6 Å². The van der Waals surface area contributed by atoms with Crippen LogP contribution in [0.25, 0.3) is 0 Å². The highest BCUT2D eigenvalue weighted by Gasteiger charge is 2.29. The summed E-state index contributed by atoms with van der Waals surface area (Å²) in [4.78, 5) is 0. The number of rotatable bonds is 3. The predicted molar refractivity (Wildman–Crippen MR) is 65.3 cm³/mol. The van der Waals surface area contributed by atoms with Gasteiger partial charge < -0.3 is 5.32 Å². The Morgan fingerprint density at radius 1 is 1.22 bits per heavy atom. The molecule has 0 aliphatic carbocycles. The number of alkyl halides is 3. The van der Waals surface area contributed by atoms with E-state index in [9.17, 15) is 13.2 Å². The SMILES string of the molecule is FC(F)(F)c1ccc(CC=CC2CCNC2)cc1. The van der Waals surface area contributed by atoms with Gasteiger partial charge in [0.15, 0.2) is 0 Å². The lowest BCUT2D eigenvalue weighted by Crippen LogP contribution is -2.07. The summed E-state index contributed by atoms with van der Waals surface area (Å²) in [6, 6.07) is 5.36. The summed E-state index contributed by atoms with van der Waals surface area (Å²) in [5, 5.41) is 3.27. The van der Waals surface area contributed by atoms with Crippen molar-refractivity contribution in [2.75, 3.05) is 13.1 Å². The van der Waals surface area contributed by atoms with Crippen molar-refractivity contribution in [3.05, 3.63) is 47.5 Å². The molecule has 1 heterocycles. The first-order chi connectivity index (χ1) is 8.55. The normalized spacial score (nSPS) is 20.7. The number of benzene rings is 1. The van der Waals surface area contributed by atoms with Crippen LogP contribution in [0.3, 0.4) is 0 Å². The molecule has 1 aliphatic heterocycles. The zero-order valence-electron chi connectivity index (χ0n) is 10.0. The van der Waals surface area contributed by atoms with E-state index in [-0.39, 0.29) is 0 Å². The minimum absolute atomic E-state index is 0.569. The van der Waals surface area contributed by atoms with Crippen LogP contribution in [0.4, 0.5) is 13.2 Å². The van der Waals surface area contributed by atoms with Crippen molar-refractivity contribution >= 4 is 0 Å². The van der Waals surface area contributed by atoms with Crippen LogP contribution in [0.2, 0.25) is 0 Å². The minimum Gasteiger partial charge on any atom is -0.316 e. The molecule has 1 aliphatic rings. The van der Waals surface area contributed by atoms with Crippen molar-refractivity contribution in [2.24, 2.45) is 5.92 Å². The van der Waals surface area contributed by atoms with Crippen molar-refractivity contribution in [3.63, 3.8) is 0 Å².